The third-order valence-electron chi connectivity index (χ3n) is 8.50. The summed E-state index contributed by atoms with van der Waals surface area (Å²) in [6.07, 6.45) is 7.34. The van der Waals surface area contributed by atoms with E-state index in [9.17, 15) is 14.4 Å². The monoisotopic (exact) mass is 496 g/mol. The van der Waals surface area contributed by atoms with Crippen LogP contribution in [0, 0.1) is 0 Å². The van der Waals surface area contributed by atoms with Crippen molar-refractivity contribution >= 4 is 29.1 Å². The smallest absolute Gasteiger partial charge is 0.253 e. The molecule has 9 nitrogen and oxygen atoms in total. The Hall–Kier alpha value is -2.65. The molecule has 0 radical (unpaired) electrons. The predicted molar refractivity (Wildman–Crippen MR) is 134 cm³/mol. The van der Waals surface area contributed by atoms with Crippen molar-refractivity contribution in [1.82, 2.24) is 9.80 Å². The molecule has 5 aliphatic heterocycles. The SMILES string of the molecule is O=C(CN1C(=O)[C@@H]2CCCCN2c2ccc(C(=O)N3CCCCC3)cc21)N1CCC2(CC1)OCCO2. The van der Waals surface area contributed by atoms with Crippen molar-refractivity contribution in [2.24, 2.45) is 0 Å². The minimum Gasteiger partial charge on any atom is -0.358 e. The van der Waals surface area contributed by atoms with Gasteiger partial charge in [0.1, 0.15) is 12.6 Å². The summed E-state index contributed by atoms with van der Waals surface area (Å²) in [5.74, 6) is -0.639. The molecule has 1 aromatic carbocycles. The molecule has 0 saturated carbocycles. The van der Waals surface area contributed by atoms with Crippen molar-refractivity contribution in [3.8, 4) is 0 Å². The van der Waals surface area contributed by atoms with Crippen LogP contribution in [0.15, 0.2) is 18.2 Å². The van der Waals surface area contributed by atoms with E-state index in [0.717, 1.165) is 63.8 Å². The molecule has 6 rings (SSSR count). The van der Waals surface area contributed by atoms with Crippen LogP contribution in [-0.2, 0) is 19.1 Å². The van der Waals surface area contributed by atoms with Gasteiger partial charge in [0.2, 0.25) is 11.8 Å². The number of amides is 3. The van der Waals surface area contributed by atoms with E-state index in [1.54, 1.807) is 4.90 Å². The summed E-state index contributed by atoms with van der Waals surface area (Å²) in [5, 5.41) is 0. The van der Waals surface area contributed by atoms with Gasteiger partial charge < -0.3 is 24.2 Å². The topological polar surface area (TPSA) is 82.6 Å². The molecule has 194 valence electrons. The van der Waals surface area contributed by atoms with Gasteiger partial charge in [-0.05, 0) is 56.7 Å². The minimum absolute atomic E-state index is 0.00769. The maximum atomic E-state index is 13.7. The van der Waals surface area contributed by atoms with Crippen LogP contribution in [-0.4, -0.2) is 91.8 Å². The highest BCUT2D eigenvalue weighted by Gasteiger charge is 2.43. The maximum absolute atomic E-state index is 13.7. The number of anilines is 2. The van der Waals surface area contributed by atoms with E-state index in [2.05, 4.69) is 4.90 Å². The molecule has 0 aliphatic carbocycles. The lowest BCUT2D eigenvalue weighted by atomic mass is 9.95. The zero-order valence-electron chi connectivity index (χ0n) is 21.0. The fourth-order valence-electron chi connectivity index (χ4n) is 6.45. The third kappa shape index (κ3) is 4.26. The van der Waals surface area contributed by atoms with Crippen LogP contribution in [0.1, 0.15) is 61.7 Å². The van der Waals surface area contributed by atoms with Crippen LogP contribution in [0.4, 0.5) is 11.4 Å². The summed E-state index contributed by atoms with van der Waals surface area (Å²) in [5.41, 5.74) is 2.23. The number of carbonyl (C=O) groups excluding carboxylic acids is 3. The molecule has 0 aromatic heterocycles. The molecule has 1 atom stereocenters. The fraction of sp³-hybridized carbons (Fsp3) is 0.667. The van der Waals surface area contributed by atoms with E-state index in [0.29, 0.717) is 50.4 Å². The van der Waals surface area contributed by atoms with Gasteiger partial charge in [0.05, 0.1) is 24.6 Å². The lowest BCUT2D eigenvalue weighted by Crippen LogP contribution is -2.58. The van der Waals surface area contributed by atoms with E-state index < -0.39 is 5.79 Å². The molecule has 3 amide bonds. The quantitative estimate of drug-likeness (QED) is 0.639. The second-order valence-electron chi connectivity index (χ2n) is 10.7. The number of fused-ring (bicyclic) bond motifs is 3. The summed E-state index contributed by atoms with van der Waals surface area (Å²) >= 11 is 0. The van der Waals surface area contributed by atoms with Gasteiger partial charge in [-0.1, -0.05) is 0 Å². The normalized spacial score (nSPS) is 25.7. The molecular weight excluding hydrogens is 460 g/mol. The van der Waals surface area contributed by atoms with E-state index >= 15 is 0 Å². The van der Waals surface area contributed by atoms with Gasteiger partial charge in [0.25, 0.3) is 5.91 Å². The van der Waals surface area contributed by atoms with Crippen molar-refractivity contribution in [1.29, 1.82) is 0 Å². The summed E-state index contributed by atoms with van der Waals surface area (Å²) in [7, 11) is 0. The first kappa shape index (κ1) is 23.7. The Morgan fingerprint density at radius 2 is 1.58 bits per heavy atom. The Bertz CT molecular complexity index is 1020. The van der Waals surface area contributed by atoms with Gasteiger partial charge >= 0.3 is 0 Å². The average Bonchev–Trinajstić information content (AvgIpc) is 3.38. The molecule has 9 heteroatoms. The molecule has 0 N–H and O–H groups in total. The van der Waals surface area contributed by atoms with Gasteiger partial charge in [-0.15, -0.1) is 0 Å². The Labute approximate surface area is 212 Å². The van der Waals surface area contributed by atoms with Crippen LogP contribution in [0.5, 0.6) is 0 Å². The zero-order chi connectivity index (χ0) is 24.7. The molecule has 1 spiro atoms. The van der Waals surface area contributed by atoms with E-state index in [4.69, 9.17) is 9.47 Å². The maximum Gasteiger partial charge on any atom is 0.253 e. The predicted octanol–water partition coefficient (Wildman–Crippen LogP) is 2.38. The largest absolute Gasteiger partial charge is 0.358 e. The standard InChI is InChI=1S/C27H36N4O5/c32-24(28-14-9-27(10-15-28)35-16-17-36-27)19-31-23-18-20(25(33)29-11-3-1-4-12-29)7-8-21(23)30-13-5-2-6-22(30)26(31)34/h7-8,18,22H,1-6,9-17,19H2/t22-/m0/s1. The van der Waals surface area contributed by atoms with Gasteiger partial charge in [0, 0.05) is 51.1 Å². The van der Waals surface area contributed by atoms with Crippen molar-refractivity contribution in [3.63, 3.8) is 0 Å². The van der Waals surface area contributed by atoms with E-state index in [1.807, 2.05) is 28.0 Å². The number of rotatable bonds is 3. The summed E-state index contributed by atoms with van der Waals surface area (Å²) in [4.78, 5) is 47.9. The molecule has 0 bridgehead atoms. The van der Waals surface area contributed by atoms with Crippen LogP contribution in [0.3, 0.4) is 0 Å². The number of hydrogen-bond donors (Lipinski definition) is 0. The van der Waals surface area contributed by atoms with Crippen LogP contribution in [0.25, 0.3) is 0 Å². The van der Waals surface area contributed by atoms with E-state index in [1.165, 1.54) is 0 Å². The second-order valence-corrected chi connectivity index (χ2v) is 10.7. The first-order valence-electron chi connectivity index (χ1n) is 13.6. The lowest BCUT2D eigenvalue weighted by molar-refractivity contribution is -0.187. The molecule has 4 fully saturated rings. The number of carbonyl (C=O) groups is 3. The van der Waals surface area contributed by atoms with Gasteiger partial charge in [-0.3, -0.25) is 19.3 Å². The number of likely N-dealkylation sites (tertiary alicyclic amines) is 2. The number of nitrogens with zero attached hydrogens (tertiary/aromatic N) is 4. The molecule has 36 heavy (non-hydrogen) atoms. The number of ether oxygens (including phenoxy) is 2. The lowest BCUT2D eigenvalue weighted by Gasteiger charge is -2.46. The highest BCUT2D eigenvalue weighted by Crippen LogP contribution is 2.40. The summed E-state index contributed by atoms with van der Waals surface area (Å²) in [6.45, 7) is 4.66. The minimum atomic E-state index is -0.545. The molecule has 0 unspecified atom stereocenters. The molecule has 1 aromatic rings. The molecular formula is C27H36N4O5. The van der Waals surface area contributed by atoms with Gasteiger partial charge in [-0.2, -0.15) is 0 Å². The average molecular weight is 497 g/mol. The van der Waals surface area contributed by atoms with Gasteiger partial charge in [-0.25, -0.2) is 0 Å². The van der Waals surface area contributed by atoms with Crippen LogP contribution >= 0.6 is 0 Å². The number of hydrogen-bond acceptors (Lipinski definition) is 6. The Kier molecular flexibility index (Phi) is 6.37. The van der Waals surface area contributed by atoms with Crippen molar-refractivity contribution in [2.45, 2.75) is 63.2 Å². The first-order valence-corrected chi connectivity index (χ1v) is 13.6. The van der Waals surface area contributed by atoms with Crippen LogP contribution < -0.4 is 9.80 Å². The van der Waals surface area contributed by atoms with E-state index in [-0.39, 0.29) is 30.3 Å². The van der Waals surface area contributed by atoms with Gasteiger partial charge in [0.15, 0.2) is 5.79 Å². The first-order chi connectivity index (χ1) is 17.5. The van der Waals surface area contributed by atoms with Crippen molar-refractivity contribution in [2.75, 3.05) is 62.3 Å². The highest BCUT2D eigenvalue weighted by molar-refractivity contribution is 6.09. The summed E-state index contributed by atoms with van der Waals surface area (Å²) in [6, 6.07) is 5.47. The number of benzene rings is 1. The van der Waals surface area contributed by atoms with Crippen molar-refractivity contribution < 1.29 is 23.9 Å². The highest BCUT2D eigenvalue weighted by atomic mass is 16.7. The molecule has 5 heterocycles. The van der Waals surface area contributed by atoms with Crippen molar-refractivity contribution in [3.05, 3.63) is 23.8 Å². The summed E-state index contributed by atoms with van der Waals surface area (Å²) < 4.78 is 11.6. The van der Waals surface area contributed by atoms with Crippen LogP contribution in [0.2, 0.25) is 0 Å². The number of piperidine rings is 3. The molecule has 4 saturated heterocycles. The fourth-order valence-corrected chi connectivity index (χ4v) is 6.45. The Morgan fingerprint density at radius 3 is 2.33 bits per heavy atom. The zero-order valence-corrected chi connectivity index (χ0v) is 21.0. The Morgan fingerprint density at radius 1 is 0.861 bits per heavy atom. The Balaban J connectivity index is 1.25. The third-order valence-corrected chi connectivity index (χ3v) is 8.50. The second kappa shape index (κ2) is 9.67. The molecule has 5 aliphatic rings.